The largest absolute Gasteiger partial charge is 0.379 e. The first-order chi connectivity index (χ1) is 17.7. The van der Waals surface area contributed by atoms with Gasteiger partial charge >= 0.3 is 0 Å². The zero-order chi connectivity index (χ0) is 24.7. The smallest absolute Gasteiger partial charge is 0.227 e. The number of nitriles is 1. The van der Waals surface area contributed by atoms with Crippen molar-refractivity contribution in [2.75, 3.05) is 68.0 Å². The number of pyridine rings is 2. The number of hydrogen-bond acceptors (Lipinski definition) is 10. The summed E-state index contributed by atoms with van der Waals surface area (Å²) >= 11 is 0. The monoisotopic (exact) mass is 483 g/mol. The molecule has 2 fully saturated rings. The van der Waals surface area contributed by atoms with Gasteiger partial charge in [0.2, 0.25) is 5.95 Å². The van der Waals surface area contributed by atoms with Crippen molar-refractivity contribution in [1.82, 2.24) is 24.8 Å². The van der Waals surface area contributed by atoms with Gasteiger partial charge in [0, 0.05) is 57.2 Å². The minimum Gasteiger partial charge on any atom is -0.379 e. The van der Waals surface area contributed by atoms with Crippen LogP contribution in [0.5, 0.6) is 0 Å². The molecule has 2 aliphatic rings. The fourth-order valence-corrected chi connectivity index (χ4v) is 4.28. The lowest BCUT2D eigenvalue weighted by atomic mass is 10.1. The molecule has 184 valence electrons. The van der Waals surface area contributed by atoms with E-state index in [1.54, 1.807) is 24.7 Å². The number of rotatable bonds is 8. The maximum atomic E-state index is 9.70. The Labute approximate surface area is 210 Å². The van der Waals surface area contributed by atoms with Crippen molar-refractivity contribution in [1.29, 1.82) is 5.26 Å². The van der Waals surface area contributed by atoms with Crippen LogP contribution < -0.4 is 15.5 Å². The average molecular weight is 484 g/mol. The van der Waals surface area contributed by atoms with E-state index in [0.717, 1.165) is 81.5 Å². The first-order valence-electron chi connectivity index (χ1n) is 12.1. The number of nitrogens with one attached hydrogen (secondary N) is 2. The van der Waals surface area contributed by atoms with Gasteiger partial charge in [0.1, 0.15) is 17.7 Å². The molecule has 5 heterocycles. The van der Waals surface area contributed by atoms with Crippen LogP contribution in [0, 0.1) is 11.3 Å². The van der Waals surface area contributed by atoms with Gasteiger partial charge in [0.25, 0.3) is 0 Å². The molecule has 3 aromatic heterocycles. The van der Waals surface area contributed by atoms with Crippen LogP contribution in [0.15, 0.2) is 55.0 Å². The summed E-state index contributed by atoms with van der Waals surface area (Å²) in [6, 6.07) is 9.78. The molecule has 0 atom stereocenters. The van der Waals surface area contributed by atoms with Gasteiger partial charge in [-0.05, 0) is 30.7 Å². The Morgan fingerprint density at radius 3 is 2.72 bits per heavy atom. The maximum Gasteiger partial charge on any atom is 0.227 e. The van der Waals surface area contributed by atoms with Gasteiger partial charge in [-0.2, -0.15) is 5.26 Å². The Balaban J connectivity index is 1.21. The van der Waals surface area contributed by atoms with Crippen molar-refractivity contribution >= 4 is 23.3 Å². The first kappa shape index (κ1) is 23.7. The lowest BCUT2D eigenvalue weighted by Crippen LogP contribution is -2.39. The lowest BCUT2D eigenvalue weighted by Gasteiger charge is -2.26. The second-order valence-corrected chi connectivity index (χ2v) is 8.83. The van der Waals surface area contributed by atoms with Crippen LogP contribution >= 0.6 is 0 Å². The highest BCUT2D eigenvalue weighted by molar-refractivity contribution is 5.67. The molecule has 0 aliphatic carbocycles. The molecule has 10 nitrogen and oxygen atoms in total. The summed E-state index contributed by atoms with van der Waals surface area (Å²) in [5.41, 5.74) is 3.91. The Kier molecular flexibility index (Phi) is 7.30. The predicted octanol–water partition coefficient (Wildman–Crippen LogP) is 3.06. The molecule has 0 spiro atoms. The van der Waals surface area contributed by atoms with Crippen molar-refractivity contribution < 1.29 is 4.74 Å². The molecule has 2 saturated heterocycles. The van der Waals surface area contributed by atoms with Gasteiger partial charge in [-0.15, -0.1) is 0 Å². The van der Waals surface area contributed by atoms with E-state index in [0.29, 0.717) is 23.0 Å². The zero-order valence-corrected chi connectivity index (χ0v) is 20.2. The Bertz CT molecular complexity index is 1250. The van der Waals surface area contributed by atoms with Gasteiger partial charge in [-0.3, -0.25) is 4.90 Å². The van der Waals surface area contributed by atoms with E-state index in [1.165, 1.54) is 0 Å². The van der Waals surface area contributed by atoms with Crippen molar-refractivity contribution in [2.45, 2.75) is 6.42 Å². The van der Waals surface area contributed by atoms with Crippen LogP contribution in [0.2, 0.25) is 0 Å². The number of anilines is 4. The van der Waals surface area contributed by atoms with E-state index in [4.69, 9.17) is 4.74 Å². The number of nitrogens with zero attached hydrogens (tertiary/aromatic N) is 7. The molecule has 3 aromatic rings. The Morgan fingerprint density at radius 2 is 1.97 bits per heavy atom. The van der Waals surface area contributed by atoms with E-state index >= 15 is 0 Å². The van der Waals surface area contributed by atoms with E-state index in [1.807, 2.05) is 18.2 Å². The van der Waals surface area contributed by atoms with Crippen molar-refractivity contribution in [3.63, 3.8) is 0 Å². The van der Waals surface area contributed by atoms with Crippen molar-refractivity contribution in [2.24, 2.45) is 0 Å². The minimum atomic E-state index is 0.445. The molecule has 2 aliphatic heterocycles. The van der Waals surface area contributed by atoms with E-state index in [9.17, 15) is 5.26 Å². The molecule has 0 aromatic carbocycles. The summed E-state index contributed by atoms with van der Waals surface area (Å²) in [6.07, 6.45) is 6.11. The quantitative estimate of drug-likeness (QED) is 0.463. The van der Waals surface area contributed by atoms with Gasteiger partial charge in [-0.1, -0.05) is 12.2 Å². The molecule has 5 rings (SSSR count). The van der Waals surface area contributed by atoms with Gasteiger partial charge in [0.05, 0.1) is 36.4 Å². The average Bonchev–Trinajstić information content (AvgIpc) is 3.36. The predicted molar refractivity (Wildman–Crippen MR) is 139 cm³/mol. The second-order valence-electron chi connectivity index (χ2n) is 8.83. The number of ether oxygens (including phenoxy) is 1. The van der Waals surface area contributed by atoms with Crippen LogP contribution in [-0.4, -0.2) is 77.3 Å². The lowest BCUT2D eigenvalue weighted by molar-refractivity contribution is 0.0398. The van der Waals surface area contributed by atoms with E-state index in [2.05, 4.69) is 53.0 Å². The highest BCUT2D eigenvalue weighted by Crippen LogP contribution is 2.27. The summed E-state index contributed by atoms with van der Waals surface area (Å²) in [5, 5.41) is 16.3. The van der Waals surface area contributed by atoms with E-state index < -0.39 is 0 Å². The topological polar surface area (TPSA) is 115 Å². The molecular weight excluding hydrogens is 454 g/mol. The highest BCUT2D eigenvalue weighted by atomic mass is 16.5. The highest BCUT2D eigenvalue weighted by Gasteiger charge is 2.20. The van der Waals surface area contributed by atoms with Crippen molar-refractivity contribution in [3.8, 4) is 17.3 Å². The number of aromatic nitrogens is 4. The minimum absolute atomic E-state index is 0.445. The SMILES string of the molecule is C=C1CCN(c2ncc(-c3ccnc(Nc4ccc(NCCN5CCOCC5)nc4)n3)cc2C#N)C1. The summed E-state index contributed by atoms with van der Waals surface area (Å²) in [4.78, 5) is 22.5. The Morgan fingerprint density at radius 1 is 1.08 bits per heavy atom. The third-order valence-electron chi connectivity index (χ3n) is 6.25. The van der Waals surface area contributed by atoms with Gasteiger partial charge < -0.3 is 20.3 Å². The fourth-order valence-electron chi connectivity index (χ4n) is 4.28. The third-order valence-corrected chi connectivity index (χ3v) is 6.25. The van der Waals surface area contributed by atoms with Crippen LogP contribution in [0.1, 0.15) is 12.0 Å². The standard InChI is InChI=1S/C26H29N9O/c1-19-5-8-35(18-19)25-20(15-27)14-21(16-31-25)23-4-6-29-26(33-23)32-22-2-3-24(30-17-22)28-7-9-34-10-12-36-13-11-34/h2-4,6,14,16-17H,1,5,7-13,18H2,(H,28,30)(H,29,32,33). The first-order valence-corrected chi connectivity index (χ1v) is 12.1. The van der Waals surface area contributed by atoms with Crippen LogP contribution in [0.25, 0.3) is 11.3 Å². The summed E-state index contributed by atoms with van der Waals surface area (Å²) in [5.74, 6) is 1.96. The van der Waals surface area contributed by atoms with E-state index in [-0.39, 0.29) is 0 Å². The van der Waals surface area contributed by atoms with Crippen LogP contribution in [-0.2, 0) is 4.74 Å². The second kappa shape index (κ2) is 11.1. The number of hydrogen-bond donors (Lipinski definition) is 2. The summed E-state index contributed by atoms with van der Waals surface area (Å²) in [6.45, 7) is 11.0. The fraction of sp³-hybridized carbons (Fsp3) is 0.346. The molecule has 0 saturated carbocycles. The van der Waals surface area contributed by atoms with Crippen LogP contribution in [0.4, 0.5) is 23.3 Å². The van der Waals surface area contributed by atoms with Gasteiger partial charge in [0.15, 0.2) is 0 Å². The van der Waals surface area contributed by atoms with Crippen molar-refractivity contribution in [3.05, 3.63) is 60.6 Å². The molecule has 36 heavy (non-hydrogen) atoms. The molecule has 10 heteroatoms. The number of morpholine rings is 1. The Hall–Kier alpha value is -4.07. The molecule has 2 N–H and O–H groups in total. The summed E-state index contributed by atoms with van der Waals surface area (Å²) in [7, 11) is 0. The summed E-state index contributed by atoms with van der Waals surface area (Å²) < 4.78 is 5.38. The third kappa shape index (κ3) is 5.76. The molecule has 0 unspecified atom stereocenters. The molecule has 0 bridgehead atoms. The molecule has 0 amide bonds. The molecule has 0 radical (unpaired) electrons. The normalized spacial score (nSPS) is 16.1. The molecular formula is C26H29N9O. The van der Waals surface area contributed by atoms with Crippen LogP contribution in [0.3, 0.4) is 0 Å². The van der Waals surface area contributed by atoms with Gasteiger partial charge in [-0.25, -0.2) is 19.9 Å². The maximum absolute atomic E-state index is 9.70. The zero-order valence-electron chi connectivity index (χ0n) is 20.2.